The Kier molecular flexibility index (Phi) is 7.81. The first kappa shape index (κ1) is 21.7. The van der Waals surface area contributed by atoms with Crippen LogP contribution in [0.2, 0.25) is 0 Å². The highest BCUT2D eigenvalue weighted by Crippen LogP contribution is 2.25. The molecular weight excluding hydrogens is 381 g/mol. The molecule has 0 spiro atoms. The lowest BCUT2D eigenvalue weighted by Crippen LogP contribution is -2.32. The Morgan fingerprint density at radius 3 is 2.36 bits per heavy atom. The van der Waals surface area contributed by atoms with Gasteiger partial charge >= 0.3 is 0 Å². The van der Waals surface area contributed by atoms with Crippen molar-refractivity contribution in [2.45, 2.75) is 19.9 Å². The highest BCUT2D eigenvalue weighted by Gasteiger charge is 2.18. The lowest BCUT2D eigenvalue weighted by atomic mass is 10.1. The molecule has 28 heavy (non-hydrogen) atoms. The standard InChI is InChI=1S/C21H25ClFN3O2/c1-4-11-26(21(28)15-5-7-17(23)8-6-15)14-16-12-18(24-20(27)13-22)9-10-19(16)25(2)3/h5-10,12H,4,11,13-14H2,1-3H3,(H,24,27). The minimum atomic E-state index is -0.379. The molecule has 0 aliphatic carbocycles. The van der Waals surface area contributed by atoms with Gasteiger partial charge < -0.3 is 15.1 Å². The van der Waals surface area contributed by atoms with Crippen molar-refractivity contribution < 1.29 is 14.0 Å². The second kappa shape index (κ2) is 10.1. The molecule has 2 rings (SSSR count). The van der Waals surface area contributed by atoms with E-state index in [9.17, 15) is 14.0 Å². The first-order valence-electron chi connectivity index (χ1n) is 9.06. The van der Waals surface area contributed by atoms with Crippen molar-refractivity contribution in [2.24, 2.45) is 0 Å². The normalized spacial score (nSPS) is 10.5. The Morgan fingerprint density at radius 2 is 1.79 bits per heavy atom. The summed E-state index contributed by atoms with van der Waals surface area (Å²) in [7, 11) is 3.84. The summed E-state index contributed by atoms with van der Waals surface area (Å²) < 4.78 is 13.2. The molecule has 0 aromatic heterocycles. The fourth-order valence-corrected chi connectivity index (χ4v) is 2.99. The number of carbonyl (C=O) groups is 2. The zero-order chi connectivity index (χ0) is 20.7. The van der Waals surface area contributed by atoms with Gasteiger partial charge in [-0.2, -0.15) is 0 Å². The highest BCUT2D eigenvalue weighted by atomic mass is 35.5. The monoisotopic (exact) mass is 405 g/mol. The van der Waals surface area contributed by atoms with Crippen LogP contribution in [0.4, 0.5) is 15.8 Å². The number of carbonyl (C=O) groups excluding carboxylic acids is 2. The number of benzene rings is 2. The molecule has 0 aliphatic heterocycles. The number of alkyl halides is 1. The average Bonchev–Trinajstić information content (AvgIpc) is 2.67. The van der Waals surface area contributed by atoms with Crippen LogP contribution in [0.1, 0.15) is 29.3 Å². The zero-order valence-electron chi connectivity index (χ0n) is 16.3. The van der Waals surface area contributed by atoms with E-state index in [0.717, 1.165) is 17.7 Å². The molecule has 2 aromatic rings. The van der Waals surface area contributed by atoms with Crippen LogP contribution >= 0.6 is 11.6 Å². The summed E-state index contributed by atoms with van der Waals surface area (Å²) >= 11 is 5.57. The third kappa shape index (κ3) is 5.70. The summed E-state index contributed by atoms with van der Waals surface area (Å²) in [6.07, 6.45) is 0.785. The van der Waals surface area contributed by atoms with Crippen molar-refractivity contribution >= 4 is 34.8 Å². The third-order valence-electron chi connectivity index (χ3n) is 4.20. The number of rotatable bonds is 8. The van der Waals surface area contributed by atoms with Gasteiger partial charge in [0.15, 0.2) is 0 Å². The van der Waals surface area contributed by atoms with E-state index in [-0.39, 0.29) is 23.5 Å². The van der Waals surface area contributed by atoms with E-state index in [2.05, 4.69) is 5.32 Å². The van der Waals surface area contributed by atoms with Crippen molar-refractivity contribution in [3.63, 3.8) is 0 Å². The summed E-state index contributed by atoms with van der Waals surface area (Å²) in [5, 5.41) is 2.74. The van der Waals surface area contributed by atoms with Crippen LogP contribution in [-0.2, 0) is 11.3 Å². The molecule has 2 amide bonds. The number of nitrogens with zero attached hydrogens (tertiary/aromatic N) is 2. The molecule has 1 N–H and O–H groups in total. The number of anilines is 2. The minimum absolute atomic E-state index is 0.129. The van der Waals surface area contributed by atoms with Crippen LogP contribution in [0.15, 0.2) is 42.5 Å². The number of hydrogen-bond donors (Lipinski definition) is 1. The summed E-state index contributed by atoms with van der Waals surface area (Å²) in [5.74, 6) is -0.966. The highest BCUT2D eigenvalue weighted by molar-refractivity contribution is 6.29. The Balaban J connectivity index is 2.33. The molecule has 0 saturated heterocycles. The summed E-state index contributed by atoms with van der Waals surface area (Å²) in [5.41, 5.74) is 2.89. The van der Waals surface area contributed by atoms with E-state index in [0.29, 0.717) is 24.3 Å². The first-order valence-corrected chi connectivity index (χ1v) is 9.60. The molecule has 0 atom stereocenters. The van der Waals surface area contributed by atoms with Gasteiger partial charge in [-0.05, 0) is 54.4 Å². The Labute approximate surface area is 170 Å². The number of nitrogens with one attached hydrogen (secondary N) is 1. The van der Waals surface area contributed by atoms with Crippen molar-refractivity contribution in [2.75, 3.05) is 36.7 Å². The van der Waals surface area contributed by atoms with Gasteiger partial charge in [0.05, 0.1) is 0 Å². The summed E-state index contributed by atoms with van der Waals surface area (Å²) in [6.45, 7) is 2.92. The molecule has 0 saturated carbocycles. The van der Waals surface area contributed by atoms with Gasteiger partial charge in [0, 0.05) is 44.1 Å². The molecule has 7 heteroatoms. The maximum Gasteiger partial charge on any atom is 0.254 e. The Bertz CT molecular complexity index is 825. The molecule has 0 heterocycles. The molecule has 0 aliphatic rings. The third-order valence-corrected chi connectivity index (χ3v) is 4.44. The smallest absolute Gasteiger partial charge is 0.254 e. The van der Waals surface area contributed by atoms with E-state index in [1.165, 1.54) is 24.3 Å². The maximum absolute atomic E-state index is 13.2. The SMILES string of the molecule is CCCN(Cc1cc(NC(=O)CCl)ccc1N(C)C)C(=O)c1ccc(F)cc1. The maximum atomic E-state index is 13.2. The molecular formula is C21H25ClFN3O2. The minimum Gasteiger partial charge on any atom is -0.377 e. The Morgan fingerprint density at radius 1 is 1.11 bits per heavy atom. The van der Waals surface area contributed by atoms with Gasteiger partial charge in [0.25, 0.3) is 5.91 Å². The topological polar surface area (TPSA) is 52.7 Å². The molecule has 5 nitrogen and oxygen atoms in total. The van der Waals surface area contributed by atoms with Crippen molar-refractivity contribution in [1.82, 2.24) is 4.90 Å². The average molecular weight is 406 g/mol. The predicted molar refractivity (Wildman–Crippen MR) is 112 cm³/mol. The van der Waals surface area contributed by atoms with Crippen LogP contribution in [0.3, 0.4) is 0 Å². The fraction of sp³-hybridized carbons (Fsp3) is 0.333. The van der Waals surface area contributed by atoms with E-state index in [4.69, 9.17) is 11.6 Å². The van der Waals surface area contributed by atoms with Crippen molar-refractivity contribution in [3.05, 3.63) is 59.4 Å². The van der Waals surface area contributed by atoms with Crippen molar-refractivity contribution in [1.29, 1.82) is 0 Å². The molecule has 150 valence electrons. The lowest BCUT2D eigenvalue weighted by Gasteiger charge is -2.26. The number of hydrogen-bond acceptors (Lipinski definition) is 3. The predicted octanol–water partition coefficient (Wildman–Crippen LogP) is 4.12. The molecule has 0 bridgehead atoms. The zero-order valence-corrected chi connectivity index (χ0v) is 17.1. The van der Waals surface area contributed by atoms with Crippen LogP contribution in [0, 0.1) is 5.82 Å². The van der Waals surface area contributed by atoms with Gasteiger partial charge in [0.1, 0.15) is 11.7 Å². The second-order valence-electron chi connectivity index (χ2n) is 6.65. The second-order valence-corrected chi connectivity index (χ2v) is 6.92. The quantitative estimate of drug-likeness (QED) is 0.672. The number of amides is 2. The van der Waals surface area contributed by atoms with Crippen LogP contribution in [0.25, 0.3) is 0 Å². The van der Waals surface area contributed by atoms with Crippen molar-refractivity contribution in [3.8, 4) is 0 Å². The molecule has 0 unspecified atom stereocenters. The lowest BCUT2D eigenvalue weighted by molar-refractivity contribution is -0.113. The Hall–Kier alpha value is -2.60. The van der Waals surface area contributed by atoms with Gasteiger partial charge in [-0.3, -0.25) is 9.59 Å². The van der Waals surface area contributed by atoms with E-state index in [1.807, 2.05) is 38.1 Å². The van der Waals surface area contributed by atoms with Gasteiger partial charge in [-0.15, -0.1) is 11.6 Å². The largest absolute Gasteiger partial charge is 0.377 e. The fourth-order valence-electron chi connectivity index (χ4n) is 2.92. The van der Waals surface area contributed by atoms with E-state index in [1.54, 1.807) is 11.0 Å². The van der Waals surface area contributed by atoms with E-state index >= 15 is 0 Å². The molecule has 0 radical (unpaired) electrons. The summed E-state index contributed by atoms with van der Waals surface area (Å²) in [6, 6.07) is 11.1. The van der Waals surface area contributed by atoms with Gasteiger partial charge in [-0.1, -0.05) is 6.92 Å². The number of halogens is 2. The summed E-state index contributed by atoms with van der Waals surface area (Å²) in [4.78, 5) is 28.2. The van der Waals surface area contributed by atoms with Gasteiger partial charge in [0.2, 0.25) is 5.91 Å². The van der Waals surface area contributed by atoms with Crippen LogP contribution < -0.4 is 10.2 Å². The van der Waals surface area contributed by atoms with E-state index < -0.39 is 0 Å². The van der Waals surface area contributed by atoms with Crippen LogP contribution in [0.5, 0.6) is 0 Å². The molecule has 0 fully saturated rings. The van der Waals surface area contributed by atoms with Gasteiger partial charge in [-0.25, -0.2) is 4.39 Å². The molecule has 2 aromatic carbocycles. The first-order chi connectivity index (χ1) is 13.3. The van der Waals surface area contributed by atoms with Crippen LogP contribution in [-0.4, -0.2) is 43.2 Å².